The second-order valence-electron chi connectivity index (χ2n) is 6.96. The number of halogens is 3. The lowest BCUT2D eigenvalue weighted by Gasteiger charge is -2.03. The molecule has 3 aromatic carbocycles. The lowest BCUT2D eigenvalue weighted by Crippen LogP contribution is -2.10. The summed E-state index contributed by atoms with van der Waals surface area (Å²) >= 11 is 14.3. The average Bonchev–Trinajstić information content (AvgIpc) is 3.43. The molecule has 8 heteroatoms. The molecule has 0 unspecified atom stereocenters. The van der Waals surface area contributed by atoms with E-state index in [-0.39, 0.29) is 11.7 Å². The fourth-order valence-corrected chi connectivity index (χ4v) is 4.05. The van der Waals surface area contributed by atoms with Gasteiger partial charge in [-0.25, -0.2) is 4.98 Å². The number of benzene rings is 3. The predicted octanol–water partition coefficient (Wildman–Crippen LogP) is 7.92. The fraction of sp³-hybridized carbons (Fsp3) is 0. The number of hydrogen-bond acceptors (Lipinski definition) is 4. The molecule has 0 saturated carbocycles. The molecule has 0 radical (unpaired) electrons. The van der Waals surface area contributed by atoms with Gasteiger partial charge in [-0.05, 0) is 89.3 Å². The van der Waals surface area contributed by atoms with Crippen molar-refractivity contribution in [2.24, 2.45) is 0 Å². The number of anilines is 1. The molecule has 0 spiro atoms. The van der Waals surface area contributed by atoms with E-state index in [1.807, 2.05) is 24.3 Å². The third-order valence-corrected chi connectivity index (χ3v) is 6.16. The number of nitrogens with zero attached hydrogens (tertiary/aromatic N) is 1. The molecule has 0 aliphatic rings. The van der Waals surface area contributed by atoms with Crippen molar-refractivity contribution in [3.8, 4) is 22.8 Å². The van der Waals surface area contributed by atoms with Crippen LogP contribution in [0, 0.1) is 3.57 Å². The number of aromatic nitrogens is 1. The minimum absolute atomic E-state index is 0.172. The third-order valence-electron chi connectivity index (χ3n) is 4.75. The van der Waals surface area contributed by atoms with E-state index in [1.54, 1.807) is 48.5 Å². The minimum Gasteiger partial charge on any atom is -0.451 e. The molecule has 5 rings (SSSR count). The Morgan fingerprint density at radius 3 is 2.56 bits per heavy atom. The van der Waals surface area contributed by atoms with Gasteiger partial charge < -0.3 is 14.2 Å². The Hall–Kier alpha value is -2.81. The number of amides is 1. The van der Waals surface area contributed by atoms with Gasteiger partial charge in [0, 0.05) is 20.4 Å². The molecule has 5 nitrogen and oxygen atoms in total. The van der Waals surface area contributed by atoms with Gasteiger partial charge >= 0.3 is 0 Å². The average molecular weight is 575 g/mol. The Labute approximate surface area is 206 Å². The summed E-state index contributed by atoms with van der Waals surface area (Å²) in [5, 5.41) is 3.70. The zero-order valence-corrected chi connectivity index (χ0v) is 19.9. The van der Waals surface area contributed by atoms with Crippen LogP contribution in [-0.4, -0.2) is 10.9 Å². The van der Waals surface area contributed by atoms with E-state index in [1.165, 1.54) is 0 Å². The van der Waals surface area contributed by atoms with Gasteiger partial charge in [-0.2, -0.15) is 0 Å². The number of fused-ring (bicyclic) bond motifs is 1. The third kappa shape index (κ3) is 4.26. The van der Waals surface area contributed by atoms with Gasteiger partial charge in [0.1, 0.15) is 11.3 Å². The quantitative estimate of drug-likeness (QED) is 0.221. The van der Waals surface area contributed by atoms with Crippen molar-refractivity contribution in [3.05, 3.63) is 92.2 Å². The Morgan fingerprint density at radius 2 is 1.75 bits per heavy atom. The second-order valence-corrected chi connectivity index (χ2v) is 9.02. The van der Waals surface area contributed by atoms with Crippen LogP contribution in [-0.2, 0) is 0 Å². The summed E-state index contributed by atoms with van der Waals surface area (Å²) in [7, 11) is 0. The van der Waals surface area contributed by atoms with E-state index < -0.39 is 0 Å². The number of nitrogens with one attached hydrogen (secondary N) is 1. The zero-order valence-electron chi connectivity index (χ0n) is 16.2. The maximum absolute atomic E-state index is 12.7. The lowest BCUT2D eigenvalue weighted by atomic mass is 10.2. The molecule has 0 saturated heterocycles. The molecule has 0 fully saturated rings. The van der Waals surface area contributed by atoms with Crippen molar-refractivity contribution < 1.29 is 13.6 Å². The molecule has 2 aromatic heterocycles. The molecule has 0 aliphatic carbocycles. The normalized spacial score (nSPS) is 11.1. The van der Waals surface area contributed by atoms with Crippen molar-refractivity contribution in [2.45, 2.75) is 0 Å². The van der Waals surface area contributed by atoms with Gasteiger partial charge in [0.2, 0.25) is 5.89 Å². The zero-order chi connectivity index (χ0) is 22.2. The van der Waals surface area contributed by atoms with E-state index in [0.29, 0.717) is 38.5 Å². The van der Waals surface area contributed by atoms with Gasteiger partial charge in [-0.3, -0.25) is 4.79 Å². The number of rotatable bonds is 4. The highest BCUT2D eigenvalue weighted by Gasteiger charge is 2.15. The Bertz CT molecular complexity index is 1480. The highest BCUT2D eigenvalue weighted by atomic mass is 127. The number of oxazole rings is 1. The second kappa shape index (κ2) is 8.61. The molecular weight excluding hydrogens is 562 g/mol. The van der Waals surface area contributed by atoms with E-state index >= 15 is 0 Å². The molecule has 0 bridgehead atoms. The Balaban J connectivity index is 1.37. The Kier molecular flexibility index (Phi) is 5.67. The first-order valence-corrected chi connectivity index (χ1v) is 11.3. The summed E-state index contributed by atoms with van der Waals surface area (Å²) in [5.41, 5.74) is 3.48. The molecule has 32 heavy (non-hydrogen) atoms. The predicted molar refractivity (Wildman–Crippen MR) is 134 cm³/mol. The summed E-state index contributed by atoms with van der Waals surface area (Å²) in [4.78, 5) is 17.2. The summed E-state index contributed by atoms with van der Waals surface area (Å²) < 4.78 is 12.7. The smallest absolute Gasteiger partial charge is 0.291 e. The summed E-state index contributed by atoms with van der Waals surface area (Å²) in [6, 6.07) is 21.7. The van der Waals surface area contributed by atoms with Gasteiger partial charge in [0.25, 0.3) is 5.91 Å². The largest absolute Gasteiger partial charge is 0.451 e. The standard InChI is InChI=1S/C24H13Cl2IN2O3/c25-17-6-4-13(11-18(17)26)20-8-9-22(31-20)23(30)28-16-5-7-21-19(12-16)29-24(32-21)14-2-1-3-15(27)10-14/h1-12H,(H,28,30). The molecule has 0 atom stereocenters. The molecule has 0 aliphatic heterocycles. The summed E-state index contributed by atoms with van der Waals surface area (Å²) in [6.07, 6.45) is 0. The van der Waals surface area contributed by atoms with E-state index in [4.69, 9.17) is 32.0 Å². The summed E-state index contributed by atoms with van der Waals surface area (Å²) in [5.74, 6) is 0.838. The van der Waals surface area contributed by atoms with Crippen LogP contribution in [0.3, 0.4) is 0 Å². The van der Waals surface area contributed by atoms with E-state index in [9.17, 15) is 4.79 Å². The van der Waals surface area contributed by atoms with Crippen molar-refractivity contribution >= 4 is 68.5 Å². The fourth-order valence-electron chi connectivity index (χ4n) is 3.21. The van der Waals surface area contributed by atoms with Crippen LogP contribution in [0.2, 0.25) is 10.0 Å². The number of hydrogen-bond donors (Lipinski definition) is 1. The highest BCUT2D eigenvalue weighted by Crippen LogP contribution is 2.30. The van der Waals surface area contributed by atoms with Crippen LogP contribution in [0.25, 0.3) is 33.9 Å². The van der Waals surface area contributed by atoms with Crippen LogP contribution in [0.4, 0.5) is 5.69 Å². The number of carbonyl (C=O) groups excluding carboxylic acids is 1. The Morgan fingerprint density at radius 1 is 0.875 bits per heavy atom. The molecular formula is C24H13Cl2IN2O3. The van der Waals surface area contributed by atoms with Crippen LogP contribution in [0.1, 0.15) is 10.6 Å². The first-order chi connectivity index (χ1) is 15.5. The first kappa shape index (κ1) is 21.1. The van der Waals surface area contributed by atoms with Gasteiger partial charge in [-0.1, -0.05) is 29.3 Å². The van der Waals surface area contributed by atoms with Gasteiger partial charge in [0.15, 0.2) is 11.3 Å². The maximum Gasteiger partial charge on any atom is 0.291 e. The van der Waals surface area contributed by atoms with Crippen LogP contribution in [0.5, 0.6) is 0 Å². The minimum atomic E-state index is -0.378. The molecule has 1 N–H and O–H groups in total. The molecule has 158 valence electrons. The van der Waals surface area contributed by atoms with E-state index in [2.05, 4.69) is 32.9 Å². The number of furan rings is 1. The molecule has 5 aromatic rings. The van der Waals surface area contributed by atoms with E-state index in [0.717, 1.165) is 14.7 Å². The van der Waals surface area contributed by atoms with Crippen LogP contribution in [0.15, 0.2) is 81.6 Å². The molecule has 2 heterocycles. The monoisotopic (exact) mass is 574 g/mol. The van der Waals surface area contributed by atoms with Crippen LogP contribution < -0.4 is 5.32 Å². The first-order valence-electron chi connectivity index (χ1n) is 9.49. The summed E-state index contributed by atoms with van der Waals surface area (Å²) in [6.45, 7) is 0. The van der Waals surface area contributed by atoms with Gasteiger partial charge in [0.05, 0.1) is 10.0 Å². The lowest BCUT2D eigenvalue weighted by molar-refractivity contribution is 0.0997. The number of carbonyl (C=O) groups is 1. The van der Waals surface area contributed by atoms with Crippen molar-refractivity contribution in [1.29, 1.82) is 0 Å². The molecule has 1 amide bonds. The van der Waals surface area contributed by atoms with Crippen LogP contribution >= 0.6 is 45.8 Å². The maximum atomic E-state index is 12.7. The highest BCUT2D eigenvalue weighted by molar-refractivity contribution is 14.1. The van der Waals surface area contributed by atoms with Crippen molar-refractivity contribution in [2.75, 3.05) is 5.32 Å². The van der Waals surface area contributed by atoms with Crippen molar-refractivity contribution in [1.82, 2.24) is 4.98 Å². The van der Waals surface area contributed by atoms with Crippen molar-refractivity contribution in [3.63, 3.8) is 0 Å². The SMILES string of the molecule is O=C(Nc1ccc2oc(-c3cccc(I)c3)nc2c1)c1ccc(-c2ccc(Cl)c(Cl)c2)o1. The van der Waals surface area contributed by atoms with Gasteiger partial charge in [-0.15, -0.1) is 0 Å². The topological polar surface area (TPSA) is 68.3 Å².